The SMILES string of the molecule is CC(=O)N1N=C(c2ccccc2)CC1c1ccc(-c2ccc(Cl)cc2)o1. The van der Waals surface area contributed by atoms with Gasteiger partial charge in [-0.3, -0.25) is 4.79 Å². The van der Waals surface area contributed by atoms with Gasteiger partial charge >= 0.3 is 0 Å². The molecule has 0 bridgehead atoms. The molecule has 0 radical (unpaired) electrons. The molecule has 3 aromatic rings. The molecule has 0 aliphatic carbocycles. The van der Waals surface area contributed by atoms with Crippen LogP contribution in [0, 0.1) is 0 Å². The minimum Gasteiger partial charge on any atom is -0.459 e. The Hall–Kier alpha value is -2.85. The van der Waals surface area contributed by atoms with Gasteiger partial charge in [-0.1, -0.05) is 41.9 Å². The zero-order valence-corrected chi connectivity index (χ0v) is 15.0. The molecule has 5 heteroatoms. The van der Waals surface area contributed by atoms with E-state index in [1.54, 1.807) is 0 Å². The minimum atomic E-state index is -0.233. The molecule has 1 aromatic heterocycles. The van der Waals surface area contributed by atoms with Crippen LogP contribution in [-0.4, -0.2) is 16.6 Å². The maximum Gasteiger partial charge on any atom is 0.240 e. The number of carbonyl (C=O) groups excluding carboxylic acids is 1. The molecule has 4 rings (SSSR count). The molecule has 4 nitrogen and oxygen atoms in total. The van der Waals surface area contributed by atoms with Crippen LogP contribution in [0.2, 0.25) is 5.02 Å². The first-order chi connectivity index (χ1) is 12.6. The number of hydrogen-bond acceptors (Lipinski definition) is 3. The predicted octanol–water partition coefficient (Wildman–Crippen LogP) is 5.30. The third-order valence-electron chi connectivity index (χ3n) is 4.42. The second-order valence-corrected chi connectivity index (χ2v) is 6.64. The second-order valence-electron chi connectivity index (χ2n) is 6.21. The maximum absolute atomic E-state index is 12.1. The van der Waals surface area contributed by atoms with Crippen molar-refractivity contribution in [3.8, 4) is 11.3 Å². The zero-order valence-electron chi connectivity index (χ0n) is 14.2. The lowest BCUT2D eigenvalue weighted by atomic mass is 10.0. The van der Waals surface area contributed by atoms with E-state index in [-0.39, 0.29) is 11.9 Å². The summed E-state index contributed by atoms with van der Waals surface area (Å²) in [4.78, 5) is 12.1. The number of furan rings is 1. The van der Waals surface area contributed by atoms with Gasteiger partial charge in [0.1, 0.15) is 17.6 Å². The predicted molar refractivity (Wildman–Crippen MR) is 102 cm³/mol. The molecule has 1 amide bonds. The molecule has 2 heterocycles. The van der Waals surface area contributed by atoms with Crippen molar-refractivity contribution in [1.29, 1.82) is 0 Å². The summed E-state index contributed by atoms with van der Waals surface area (Å²) in [5.74, 6) is 1.36. The molecule has 0 fully saturated rings. The normalized spacial score (nSPS) is 16.6. The molecule has 2 aromatic carbocycles. The molecule has 26 heavy (non-hydrogen) atoms. The summed E-state index contributed by atoms with van der Waals surface area (Å²) in [5, 5.41) is 6.72. The minimum absolute atomic E-state index is 0.106. The fraction of sp³-hybridized carbons (Fsp3) is 0.143. The fourth-order valence-corrected chi connectivity index (χ4v) is 3.25. The Bertz CT molecular complexity index is 961. The highest BCUT2D eigenvalue weighted by Gasteiger charge is 2.33. The Labute approximate surface area is 156 Å². The quantitative estimate of drug-likeness (QED) is 0.633. The van der Waals surface area contributed by atoms with Gasteiger partial charge in [0.2, 0.25) is 5.91 Å². The topological polar surface area (TPSA) is 45.8 Å². The number of halogens is 1. The first kappa shape index (κ1) is 16.6. The molecule has 0 spiro atoms. The van der Waals surface area contributed by atoms with Gasteiger partial charge < -0.3 is 4.42 Å². The van der Waals surface area contributed by atoms with E-state index in [1.165, 1.54) is 11.9 Å². The van der Waals surface area contributed by atoms with Gasteiger partial charge in [0, 0.05) is 23.9 Å². The van der Waals surface area contributed by atoms with E-state index < -0.39 is 0 Å². The van der Waals surface area contributed by atoms with Crippen molar-refractivity contribution in [3.63, 3.8) is 0 Å². The highest BCUT2D eigenvalue weighted by Crippen LogP contribution is 2.35. The van der Waals surface area contributed by atoms with E-state index in [9.17, 15) is 4.79 Å². The summed E-state index contributed by atoms with van der Waals surface area (Å²) < 4.78 is 6.05. The van der Waals surface area contributed by atoms with Crippen LogP contribution in [0.25, 0.3) is 11.3 Å². The second kappa shape index (κ2) is 6.81. The van der Waals surface area contributed by atoms with Gasteiger partial charge in [-0.15, -0.1) is 0 Å². The van der Waals surface area contributed by atoms with Gasteiger partial charge in [-0.05, 0) is 42.0 Å². The van der Waals surface area contributed by atoms with Crippen molar-refractivity contribution >= 4 is 23.2 Å². The Morgan fingerprint density at radius 3 is 2.46 bits per heavy atom. The van der Waals surface area contributed by atoms with Crippen molar-refractivity contribution in [1.82, 2.24) is 5.01 Å². The third kappa shape index (κ3) is 3.16. The lowest BCUT2D eigenvalue weighted by Gasteiger charge is -2.17. The summed E-state index contributed by atoms with van der Waals surface area (Å²) in [6.07, 6.45) is 0.622. The number of nitrogens with zero attached hydrogens (tertiary/aromatic N) is 2. The van der Waals surface area contributed by atoms with Crippen molar-refractivity contribution in [2.75, 3.05) is 0 Å². The van der Waals surface area contributed by atoms with Gasteiger partial charge in [-0.2, -0.15) is 5.10 Å². The van der Waals surface area contributed by atoms with E-state index >= 15 is 0 Å². The smallest absolute Gasteiger partial charge is 0.240 e. The number of hydrazone groups is 1. The Balaban J connectivity index is 1.63. The van der Waals surface area contributed by atoms with Crippen LogP contribution in [0.15, 0.2) is 76.2 Å². The average Bonchev–Trinajstić information content (AvgIpc) is 3.30. The molecule has 1 unspecified atom stereocenters. The molecule has 0 N–H and O–H groups in total. The summed E-state index contributed by atoms with van der Waals surface area (Å²) in [6.45, 7) is 1.52. The summed E-state index contributed by atoms with van der Waals surface area (Å²) in [6, 6.07) is 21.0. The Morgan fingerprint density at radius 2 is 1.77 bits per heavy atom. The number of rotatable bonds is 3. The van der Waals surface area contributed by atoms with Gasteiger partial charge in [0.05, 0.1) is 5.71 Å². The highest BCUT2D eigenvalue weighted by atomic mass is 35.5. The standard InChI is InChI=1S/C21H17ClN2O2/c1-14(25)24-19(13-18(23-24)15-5-3-2-4-6-15)21-12-11-20(26-21)16-7-9-17(22)10-8-16/h2-12,19H,13H2,1H3. The van der Waals surface area contributed by atoms with Crippen LogP contribution in [0.3, 0.4) is 0 Å². The third-order valence-corrected chi connectivity index (χ3v) is 4.68. The van der Waals surface area contributed by atoms with Gasteiger partial charge in [0.25, 0.3) is 0 Å². The Kier molecular flexibility index (Phi) is 4.35. The molecule has 1 atom stereocenters. The van der Waals surface area contributed by atoms with E-state index in [4.69, 9.17) is 16.0 Å². The summed E-state index contributed by atoms with van der Waals surface area (Å²) in [5.41, 5.74) is 2.85. The highest BCUT2D eigenvalue weighted by molar-refractivity contribution is 6.30. The number of benzene rings is 2. The first-order valence-electron chi connectivity index (χ1n) is 8.40. The first-order valence-corrected chi connectivity index (χ1v) is 8.78. The molecule has 0 saturated carbocycles. The summed E-state index contributed by atoms with van der Waals surface area (Å²) in [7, 11) is 0. The monoisotopic (exact) mass is 364 g/mol. The maximum atomic E-state index is 12.1. The van der Waals surface area contributed by atoms with E-state index in [0.29, 0.717) is 11.4 Å². The van der Waals surface area contributed by atoms with Crippen molar-refractivity contribution in [2.24, 2.45) is 5.10 Å². The number of carbonyl (C=O) groups is 1. The van der Waals surface area contributed by atoms with Crippen molar-refractivity contribution in [2.45, 2.75) is 19.4 Å². The fourth-order valence-electron chi connectivity index (χ4n) is 3.13. The van der Waals surface area contributed by atoms with E-state index in [2.05, 4.69) is 5.10 Å². The van der Waals surface area contributed by atoms with Crippen molar-refractivity contribution in [3.05, 3.63) is 83.1 Å². The summed E-state index contributed by atoms with van der Waals surface area (Å²) >= 11 is 5.95. The molecule has 0 saturated heterocycles. The van der Waals surface area contributed by atoms with E-state index in [1.807, 2.05) is 66.7 Å². The molecule has 130 valence electrons. The largest absolute Gasteiger partial charge is 0.459 e. The molecule has 1 aliphatic rings. The van der Waals surface area contributed by atoms with Crippen molar-refractivity contribution < 1.29 is 9.21 Å². The van der Waals surface area contributed by atoms with Gasteiger partial charge in [0.15, 0.2) is 0 Å². The molecular weight excluding hydrogens is 348 g/mol. The average molecular weight is 365 g/mol. The lowest BCUT2D eigenvalue weighted by Crippen LogP contribution is -2.23. The van der Waals surface area contributed by atoms with Crippen LogP contribution >= 0.6 is 11.6 Å². The van der Waals surface area contributed by atoms with Crippen LogP contribution in [0.1, 0.15) is 30.7 Å². The number of amides is 1. The van der Waals surface area contributed by atoms with Crippen LogP contribution < -0.4 is 0 Å². The van der Waals surface area contributed by atoms with Crippen LogP contribution in [0.4, 0.5) is 0 Å². The van der Waals surface area contributed by atoms with Crippen LogP contribution in [0.5, 0.6) is 0 Å². The van der Waals surface area contributed by atoms with E-state index in [0.717, 1.165) is 28.4 Å². The number of hydrogen-bond donors (Lipinski definition) is 0. The molecular formula is C21H17ClN2O2. The lowest BCUT2D eigenvalue weighted by molar-refractivity contribution is -0.130. The van der Waals surface area contributed by atoms with Crippen LogP contribution in [-0.2, 0) is 4.79 Å². The Morgan fingerprint density at radius 1 is 1.04 bits per heavy atom. The molecule has 1 aliphatic heterocycles. The zero-order chi connectivity index (χ0) is 18.1. The van der Waals surface area contributed by atoms with Gasteiger partial charge in [-0.25, -0.2) is 5.01 Å².